The van der Waals surface area contributed by atoms with Gasteiger partial charge in [-0.15, -0.1) is 0 Å². The summed E-state index contributed by atoms with van der Waals surface area (Å²) < 4.78 is 0. The van der Waals surface area contributed by atoms with Gasteiger partial charge >= 0.3 is 12.0 Å². The van der Waals surface area contributed by atoms with Crippen LogP contribution >= 0.6 is 0 Å². The second-order valence-electron chi connectivity index (χ2n) is 8.49. The van der Waals surface area contributed by atoms with Crippen molar-refractivity contribution in [1.82, 2.24) is 10.2 Å². The highest BCUT2D eigenvalue weighted by Crippen LogP contribution is 2.44. The zero-order chi connectivity index (χ0) is 24.8. The summed E-state index contributed by atoms with van der Waals surface area (Å²) in [5.74, 6) is -1.01. The van der Waals surface area contributed by atoms with Crippen LogP contribution in [0.15, 0.2) is 78.9 Å². The van der Waals surface area contributed by atoms with Crippen LogP contribution in [0.1, 0.15) is 41.6 Å². The van der Waals surface area contributed by atoms with E-state index in [1.807, 2.05) is 36.4 Å². The first-order valence-electron chi connectivity index (χ1n) is 11.4. The van der Waals surface area contributed by atoms with Gasteiger partial charge in [0, 0.05) is 5.69 Å². The van der Waals surface area contributed by atoms with Gasteiger partial charge in [0.15, 0.2) is 0 Å². The van der Waals surface area contributed by atoms with Crippen LogP contribution in [0.2, 0.25) is 0 Å². The first kappa shape index (κ1) is 23.8. The Hall–Kier alpha value is -4.33. The van der Waals surface area contributed by atoms with Crippen LogP contribution in [-0.2, 0) is 16.0 Å². The number of carbonyl (C=O) groups excluding carboxylic acids is 2. The lowest BCUT2D eigenvalue weighted by atomic mass is 10.0. The highest BCUT2D eigenvalue weighted by Gasteiger charge is 2.38. The number of urea groups is 1. The fourth-order valence-electron chi connectivity index (χ4n) is 4.52. The minimum absolute atomic E-state index is 0.0975. The Kier molecular flexibility index (Phi) is 7.30. The molecular weight excluding hydrogens is 446 g/mol. The summed E-state index contributed by atoms with van der Waals surface area (Å²) in [6, 6.07) is 22.3. The molecule has 0 spiro atoms. The monoisotopic (exact) mass is 473 g/mol. The summed E-state index contributed by atoms with van der Waals surface area (Å²) in [4.78, 5) is 38.4. The molecule has 8 nitrogen and oxygen atoms in total. The van der Waals surface area contributed by atoms with Crippen molar-refractivity contribution in [1.29, 1.82) is 0 Å². The van der Waals surface area contributed by atoms with Crippen LogP contribution in [0.4, 0.5) is 10.5 Å². The number of phenols is 1. The highest BCUT2D eigenvalue weighted by molar-refractivity contribution is 5.92. The smallest absolute Gasteiger partial charge is 0.319 e. The summed E-state index contributed by atoms with van der Waals surface area (Å²) in [6.45, 7) is -0.193. The zero-order valence-electron chi connectivity index (χ0n) is 19.1. The third kappa shape index (κ3) is 5.97. The number of aromatic hydroxyl groups is 1. The molecule has 0 saturated carbocycles. The fourth-order valence-corrected chi connectivity index (χ4v) is 4.52. The molecule has 1 saturated heterocycles. The molecule has 1 aliphatic heterocycles. The first-order valence-corrected chi connectivity index (χ1v) is 11.4. The lowest BCUT2D eigenvalue weighted by molar-refractivity contribution is -0.136. The van der Waals surface area contributed by atoms with Gasteiger partial charge < -0.3 is 25.7 Å². The van der Waals surface area contributed by atoms with Gasteiger partial charge in [-0.3, -0.25) is 9.59 Å². The van der Waals surface area contributed by atoms with Crippen LogP contribution < -0.4 is 10.6 Å². The van der Waals surface area contributed by atoms with Crippen molar-refractivity contribution < 1.29 is 24.6 Å². The standard InChI is InChI=1S/C27H27N3O5/c31-22-8-4-7-20(16-22)24-14-13-23(19-5-2-1-3-6-19)30(24)25(32)17-28-27(35)29-21-11-9-18(10-12-21)15-26(33)34/h1-12,16,23-24,31H,13-15,17H2,(H,33,34)(H2,28,29,35). The number of carboxylic acid groups (broad SMARTS) is 1. The Labute approximate surface area is 203 Å². The van der Waals surface area contributed by atoms with Crippen molar-refractivity contribution >= 4 is 23.6 Å². The quantitative estimate of drug-likeness (QED) is 0.409. The number of benzene rings is 3. The molecule has 2 atom stereocenters. The molecule has 3 aromatic rings. The lowest BCUT2D eigenvalue weighted by Gasteiger charge is -2.31. The van der Waals surface area contributed by atoms with E-state index in [0.29, 0.717) is 11.3 Å². The predicted molar refractivity (Wildman–Crippen MR) is 131 cm³/mol. The van der Waals surface area contributed by atoms with E-state index < -0.39 is 12.0 Å². The largest absolute Gasteiger partial charge is 0.508 e. The maximum absolute atomic E-state index is 13.4. The Morgan fingerprint density at radius 1 is 0.857 bits per heavy atom. The Balaban J connectivity index is 1.44. The van der Waals surface area contributed by atoms with Crippen molar-refractivity contribution in [3.63, 3.8) is 0 Å². The number of hydrogen-bond donors (Lipinski definition) is 4. The number of likely N-dealkylation sites (tertiary alicyclic amines) is 1. The average Bonchev–Trinajstić information content (AvgIpc) is 3.29. The van der Waals surface area contributed by atoms with Gasteiger partial charge in [-0.05, 0) is 53.8 Å². The lowest BCUT2D eigenvalue weighted by Crippen LogP contribution is -2.42. The van der Waals surface area contributed by atoms with Crippen LogP contribution in [0, 0.1) is 0 Å². The molecule has 1 aliphatic rings. The number of aliphatic carboxylic acids is 1. The maximum atomic E-state index is 13.4. The number of anilines is 1. The molecule has 1 fully saturated rings. The van der Waals surface area contributed by atoms with Crippen LogP contribution in [0.25, 0.3) is 0 Å². The molecule has 3 aromatic carbocycles. The second-order valence-corrected chi connectivity index (χ2v) is 8.49. The molecule has 8 heteroatoms. The summed E-state index contributed by atoms with van der Waals surface area (Å²) in [5, 5.41) is 24.1. The van der Waals surface area contributed by atoms with Gasteiger partial charge in [0.2, 0.25) is 5.91 Å². The van der Waals surface area contributed by atoms with Gasteiger partial charge in [-0.25, -0.2) is 4.79 Å². The molecule has 0 radical (unpaired) electrons. The molecule has 4 rings (SSSR count). The average molecular weight is 474 g/mol. The summed E-state index contributed by atoms with van der Waals surface area (Å²) >= 11 is 0. The van der Waals surface area contributed by atoms with E-state index in [-0.39, 0.29) is 36.7 Å². The Morgan fingerprint density at radius 2 is 1.51 bits per heavy atom. The predicted octanol–water partition coefficient (Wildman–Crippen LogP) is 4.25. The number of nitrogens with zero attached hydrogens (tertiary/aromatic N) is 1. The summed E-state index contributed by atoms with van der Waals surface area (Å²) in [7, 11) is 0. The van der Waals surface area contributed by atoms with Crippen molar-refractivity contribution in [3.05, 3.63) is 95.6 Å². The number of nitrogens with one attached hydrogen (secondary N) is 2. The normalized spacial score (nSPS) is 17.1. The van der Waals surface area contributed by atoms with Gasteiger partial charge in [-0.1, -0.05) is 54.6 Å². The molecule has 0 aliphatic carbocycles. The number of carbonyl (C=O) groups is 3. The molecule has 1 heterocycles. The summed E-state index contributed by atoms with van der Waals surface area (Å²) in [6.07, 6.45) is 1.41. The molecule has 3 amide bonds. The number of rotatable bonds is 7. The topological polar surface area (TPSA) is 119 Å². The third-order valence-electron chi connectivity index (χ3n) is 6.08. The molecule has 2 unspecified atom stereocenters. The second kappa shape index (κ2) is 10.7. The van der Waals surface area contributed by atoms with Gasteiger partial charge in [-0.2, -0.15) is 0 Å². The van der Waals surface area contributed by atoms with Crippen LogP contribution in [-0.4, -0.2) is 39.6 Å². The van der Waals surface area contributed by atoms with Crippen molar-refractivity contribution in [2.24, 2.45) is 0 Å². The molecule has 0 bridgehead atoms. The van der Waals surface area contributed by atoms with Crippen molar-refractivity contribution in [2.45, 2.75) is 31.3 Å². The maximum Gasteiger partial charge on any atom is 0.319 e. The van der Waals surface area contributed by atoms with E-state index in [4.69, 9.17) is 5.11 Å². The van der Waals surface area contributed by atoms with Gasteiger partial charge in [0.05, 0.1) is 25.0 Å². The van der Waals surface area contributed by atoms with E-state index in [1.165, 1.54) is 0 Å². The van der Waals surface area contributed by atoms with Gasteiger partial charge in [0.25, 0.3) is 0 Å². The van der Waals surface area contributed by atoms with E-state index in [2.05, 4.69) is 10.6 Å². The Morgan fingerprint density at radius 3 is 2.17 bits per heavy atom. The molecular formula is C27H27N3O5. The SMILES string of the molecule is O=C(O)Cc1ccc(NC(=O)NCC(=O)N2C(c3ccccc3)CCC2c2cccc(O)c2)cc1. The van der Waals surface area contributed by atoms with Crippen LogP contribution in [0.3, 0.4) is 0 Å². The number of amides is 3. The van der Waals surface area contributed by atoms with E-state index >= 15 is 0 Å². The Bertz CT molecular complexity index is 1200. The highest BCUT2D eigenvalue weighted by atomic mass is 16.4. The fraction of sp³-hybridized carbons (Fsp3) is 0.222. The van der Waals surface area contributed by atoms with Gasteiger partial charge in [0.1, 0.15) is 5.75 Å². The van der Waals surface area contributed by atoms with Crippen molar-refractivity contribution in [2.75, 3.05) is 11.9 Å². The van der Waals surface area contributed by atoms with E-state index in [1.54, 1.807) is 47.4 Å². The first-order chi connectivity index (χ1) is 16.9. The number of phenolic OH excluding ortho intramolecular Hbond substituents is 1. The molecule has 0 aromatic heterocycles. The summed E-state index contributed by atoms with van der Waals surface area (Å²) in [5.41, 5.74) is 2.99. The number of carboxylic acids is 1. The van der Waals surface area contributed by atoms with E-state index in [0.717, 1.165) is 24.0 Å². The van der Waals surface area contributed by atoms with Crippen molar-refractivity contribution in [3.8, 4) is 5.75 Å². The third-order valence-corrected chi connectivity index (χ3v) is 6.08. The number of hydrogen-bond acceptors (Lipinski definition) is 4. The minimum atomic E-state index is -0.929. The zero-order valence-corrected chi connectivity index (χ0v) is 19.1. The van der Waals surface area contributed by atoms with Crippen LogP contribution in [0.5, 0.6) is 5.75 Å². The molecule has 35 heavy (non-hydrogen) atoms. The molecule has 180 valence electrons. The van der Waals surface area contributed by atoms with E-state index in [9.17, 15) is 19.5 Å². The minimum Gasteiger partial charge on any atom is -0.508 e. The molecule has 4 N–H and O–H groups in total.